The third kappa shape index (κ3) is 24.5. The molecule has 0 spiro atoms. The summed E-state index contributed by atoms with van der Waals surface area (Å²) >= 11 is 0. The molecule has 4 unspecified atom stereocenters. The van der Waals surface area contributed by atoms with Gasteiger partial charge >= 0.3 is 0 Å². The van der Waals surface area contributed by atoms with Crippen LogP contribution in [-0.4, -0.2) is 95.3 Å². The first-order valence-electron chi connectivity index (χ1n) is 5.86. The zero-order valence-corrected chi connectivity index (χ0v) is 12.2. The van der Waals surface area contributed by atoms with Gasteiger partial charge in [0.2, 0.25) is 0 Å². The lowest BCUT2D eigenvalue weighted by atomic mass is 10.0. The van der Waals surface area contributed by atoms with Crippen molar-refractivity contribution in [1.29, 1.82) is 0 Å². The van der Waals surface area contributed by atoms with Crippen LogP contribution in [0.4, 0.5) is 0 Å². The number of aliphatic hydroxyl groups is 8. The number of hydrogen-bond acceptors (Lipinski definition) is 9. The molecular formula is C11H26O10. The number of carbonyl (C=O) groups is 1. The number of aliphatic hydroxyl groups excluding tert-OH is 6. The molecule has 0 saturated carbocycles. The van der Waals surface area contributed by atoms with E-state index in [4.69, 9.17) is 50.8 Å². The molecule has 0 aromatic heterocycles. The van der Waals surface area contributed by atoms with Crippen molar-refractivity contribution in [3.05, 3.63) is 0 Å². The zero-order valence-electron chi connectivity index (χ0n) is 12.2. The lowest BCUT2D eigenvalue weighted by Gasteiger charge is -2.24. The van der Waals surface area contributed by atoms with E-state index < -0.39 is 49.4 Å². The summed E-state index contributed by atoms with van der Waals surface area (Å²) in [5, 5.41) is 75.7. The highest BCUT2D eigenvalue weighted by Gasteiger charge is 2.29. The lowest BCUT2D eigenvalue weighted by Crippen LogP contribution is -2.46. The van der Waals surface area contributed by atoms with E-state index in [9.17, 15) is 0 Å². The van der Waals surface area contributed by atoms with Crippen molar-refractivity contribution >= 4 is 5.97 Å². The summed E-state index contributed by atoms with van der Waals surface area (Å²) in [6, 6.07) is 0. The summed E-state index contributed by atoms with van der Waals surface area (Å²) in [6.45, 7) is 2.23. The van der Waals surface area contributed by atoms with Gasteiger partial charge in [-0.05, 0) is 13.8 Å². The molecule has 0 saturated heterocycles. The van der Waals surface area contributed by atoms with E-state index in [1.54, 1.807) is 0 Å². The smallest absolute Gasteiger partial charge is 0.300 e. The van der Waals surface area contributed by atoms with Crippen LogP contribution in [0.25, 0.3) is 0 Å². The third-order valence-corrected chi connectivity index (χ3v) is 1.51. The minimum absolute atomic E-state index is 0.726. The second kappa shape index (κ2) is 12.9. The van der Waals surface area contributed by atoms with Gasteiger partial charge in [-0.25, -0.2) is 0 Å². The molecule has 4 atom stereocenters. The maximum atomic E-state index is 9.00. The zero-order chi connectivity index (χ0) is 17.8. The van der Waals surface area contributed by atoms with Crippen molar-refractivity contribution < 1.29 is 50.8 Å². The van der Waals surface area contributed by atoms with E-state index in [1.807, 2.05) is 0 Å². The normalized spacial score (nSPS) is 16.3. The Labute approximate surface area is 122 Å². The fraction of sp³-hybridized carbons (Fsp3) is 0.909. The molecule has 0 radical (unpaired) electrons. The van der Waals surface area contributed by atoms with Gasteiger partial charge in [0.05, 0.1) is 13.2 Å². The minimum Gasteiger partial charge on any atom is -0.481 e. The van der Waals surface area contributed by atoms with Gasteiger partial charge in [0.25, 0.3) is 5.97 Å². The molecule has 10 nitrogen and oxygen atoms in total. The highest BCUT2D eigenvalue weighted by atomic mass is 16.5. The Kier molecular flexibility index (Phi) is 15.4. The maximum absolute atomic E-state index is 9.00. The summed E-state index contributed by atoms with van der Waals surface area (Å²) in [5.41, 5.74) is 0. The topological polar surface area (TPSA) is 199 Å². The molecule has 21 heavy (non-hydrogen) atoms. The van der Waals surface area contributed by atoms with Crippen LogP contribution in [0.3, 0.4) is 0 Å². The Hall–Kier alpha value is -0.850. The van der Waals surface area contributed by atoms with Crippen LogP contribution in [0.2, 0.25) is 0 Å². The predicted molar refractivity (Wildman–Crippen MR) is 70.0 cm³/mol. The van der Waals surface area contributed by atoms with Gasteiger partial charge in [-0.1, -0.05) is 0 Å². The van der Waals surface area contributed by atoms with Crippen LogP contribution in [0.5, 0.6) is 0 Å². The monoisotopic (exact) mass is 318 g/mol. The second-order valence-electron chi connectivity index (χ2n) is 4.49. The van der Waals surface area contributed by atoms with Crippen LogP contribution in [0, 0.1) is 0 Å². The van der Waals surface area contributed by atoms with E-state index in [-0.39, 0.29) is 0 Å². The molecule has 9 N–H and O–H groups in total. The second-order valence-corrected chi connectivity index (χ2v) is 4.49. The van der Waals surface area contributed by atoms with Crippen LogP contribution in [0.15, 0.2) is 0 Å². The largest absolute Gasteiger partial charge is 0.481 e. The third-order valence-electron chi connectivity index (χ3n) is 1.51. The Bertz CT molecular complexity index is 228. The summed E-state index contributed by atoms with van der Waals surface area (Å²) < 4.78 is 0. The summed E-state index contributed by atoms with van der Waals surface area (Å²) in [6.07, 6.45) is -6.39. The van der Waals surface area contributed by atoms with Gasteiger partial charge in [0, 0.05) is 6.92 Å². The van der Waals surface area contributed by atoms with Gasteiger partial charge in [0.15, 0.2) is 5.79 Å². The van der Waals surface area contributed by atoms with Crippen molar-refractivity contribution in [2.45, 2.75) is 51.0 Å². The first kappa shape index (κ1) is 25.1. The van der Waals surface area contributed by atoms with E-state index in [2.05, 4.69) is 0 Å². The number of carboxylic acids is 1. The molecule has 0 amide bonds. The average Bonchev–Trinajstić information content (AvgIpc) is 2.32. The molecule has 0 fully saturated rings. The van der Waals surface area contributed by atoms with Crippen molar-refractivity contribution in [1.82, 2.24) is 0 Å². The molecule has 10 heteroatoms. The standard InChI is InChI=1S/C6H14O6.C3H8O2.C2H4O2/c7-1-3(9)5(11)6(12)4(10)2-8;1-3(2,4)5;1-2(3)4/h3-12H,1-2H2;4-5H,1-2H3;1H3,(H,3,4). The Morgan fingerprint density at radius 3 is 1.14 bits per heavy atom. The molecule has 0 aliphatic heterocycles. The molecular weight excluding hydrogens is 292 g/mol. The van der Waals surface area contributed by atoms with Gasteiger partial charge in [-0.2, -0.15) is 0 Å². The minimum atomic E-state index is -1.67. The number of carboxylic acid groups (broad SMARTS) is 1. The van der Waals surface area contributed by atoms with Gasteiger partial charge < -0.3 is 46.0 Å². The molecule has 0 bridgehead atoms. The van der Waals surface area contributed by atoms with Gasteiger partial charge in [0.1, 0.15) is 24.4 Å². The van der Waals surface area contributed by atoms with Crippen LogP contribution in [-0.2, 0) is 4.79 Å². The average molecular weight is 318 g/mol. The summed E-state index contributed by atoms with van der Waals surface area (Å²) in [7, 11) is 0. The lowest BCUT2D eigenvalue weighted by molar-refractivity contribution is -0.134. The predicted octanol–water partition coefficient (Wildman–Crippen LogP) is -3.79. The van der Waals surface area contributed by atoms with Crippen LogP contribution in [0.1, 0.15) is 20.8 Å². The number of aliphatic carboxylic acids is 1. The molecule has 0 aromatic rings. The Balaban J connectivity index is -0.000000297. The molecule has 0 heterocycles. The van der Waals surface area contributed by atoms with Gasteiger partial charge in [-0.15, -0.1) is 0 Å². The van der Waals surface area contributed by atoms with Crippen LogP contribution >= 0.6 is 0 Å². The highest BCUT2D eigenvalue weighted by Crippen LogP contribution is 2.04. The Morgan fingerprint density at radius 2 is 1.05 bits per heavy atom. The van der Waals surface area contributed by atoms with Gasteiger partial charge in [-0.3, -0.25) is 4.79 Å². The van der Waals surface area contributed by atoms with Crippen molar-refractivity contribution in [3.63, 3.8) is 0 Å². The molecule has 0 aromatic carbocycles. The fourth-order valence-electron chi connectivity index (χ4n) is 0.671. The fourth-order valence-corrected chi connectivity index (χ4v) is 0.671. The molecule has 0 aliphatic carbocycles. The first-order chi connectivity index (χ1) is 9.27. The molecule has 0 rings (SSSR count). The quantitative estimate of drug-likeness (QED) is 0.226. The van der Waals surface area contributed by atoms with E-state index >= 15 is 0 Å². The maximum Gasteiger partial charge on any atom is 0.300 e. The molecule has 0 aliphatic rings. The summed E-state index contributed by atoms with van der Waals surface area (Å²) in [5.74, 6) is -2.33. The Morgan fingerprint density at radius 1 is 0.905 bits per heavy atom. The highest BCUT2D eigenvalue weighted by molar-refractivity contribution is 5.62. The van der Waals surface area contributed by atoms with Crippen molar-refractivity contribution in [3.8, 4) is 0 Å². The molecule has 130 valence electrons. The van der Waals surface area contributed by atoms with Crippen molar-refractivity contribution in [2.24, 2.45) is 0 Å². The summed E-state index contributed by atoms with van der Waals surface area (Å²) in [4.78, 5) is 9.00. The first-order valence-corrected chi connectivity index (χ1v) is 5.86. The van der Waals surface area contributed by atoms with E-state index in [0.717, 1.165) is 6.92 Å². The number of rotatable bonds is 5. The number of hydrogen-bond donors (Lipinski definition) is 9. The SMILES string of the molecule is CC(=O)O.CC(C)(O)O.OCC(O)C(O)C(O)C(O)CO. The van der Waals surface area contributed by atoms with Crippen LogP contribution < -0.4 is 0 Å². The van der Waals surface area contributed by atoms with E-state index in [0.29, 0.717) is 0 Å². The van der Waals surface area contributed by atoms with Crippen molar-refractivity contribution in [2.75, 3.05) is 13.2 Å². The van der Waals surface area contributed by atoms with E-state index in [1.165, 1.54) is 13.8 Å².